The van der Waals surface area contributed by atoms with Gasteiger partial charge in [-0.1, -0.05) is 13.8 Å². The van der Waals surface area contributed by atoms with Crippen molar-refractivity contribution in [1.82, 2.24) is 9.97 Å². The molecule has 2 aliphatic carbocycles. The maximum absolute atomic E-state index is 4.87. The first-order chi connectivity index (χ1) is 9.10. The predicted octanol–water partition coefficient (Wildman–Crippen LogP) is 3.74. The van der Waals surface area contributed by atoms with Gasteiger partial charge in [-0.15, -0.1) is 11.3 Å². The number of aryl methyl sites for hydroxylation is 2. The summed E-state index contributed by atoms with van der Waals surface area (Å²) in [6.45, 7) is 4.61. The number of nitrogens with one attached hydrogen (secondary N) is 1. The number of aromatic nitrogens is 2. The molecule has 4 rings (SSSR count). The highest BCUT2D eigenvalue weighted by molar-refractivity contribution is 7.19. The molecule has 0 aliphatic heterocycles. The first-order valence-corrected chi connectivity index (χ1v) is 7.92. The van der Waals surface area contributed by atoms with Crippen LogP contribution >= 0.6 is 11.3 Å². The Morgan fingerprint density at radius 1 is 1.26 bits per heavy atom. The van der Waals surface area contributed by atoms with Crippen LogP contribution in [-0.4, -0.2) is 17.0 Å². The second-order valence-corrected chi connectivity index (χ2v) is 7.55. The summed E-state index contributed by atoms with van der Waals surface area (Å²) in [7, 11) is 1.97. The lowest BCUT2D eigenvalue weighted by Crippen LogP contribution is -2.02. The Hall–Kier alpha value is -1.16. The van der Waals surface area contributed by atoms with Crippen LogP contribution < -0.4 is 5.32 Å². The molecule has 0 aromatic carbocycles. The first-order valence-electron chi connectivity index (χ1n) is 7.10. The van der Waals surface area contributed by atoms with Gasteiger partial charge in [0, 0.05) is 17.8 Å². The fourth-order valence-corrected chi connectivity index (χ4v) is 4.53. The molecular weight excluding hydrogens is 254 g/mol. The van der Waals surface area contributed by atoms with Crippen molar-refractivity contribution in [3.05, 3.63) is 16.3 Å². The first kappa shape index (κ1) is 11.6. The monoisotopic (exact) mass is 273 g/mol. The van der Waals surface area contributed by atoms with Crippen LogP contribution in [0.3, 0.4) is 0 Å². The number of rotatable bonds is 2. The molecule has 1 saturated carbocycles. The molecule has 2 heterocycles. The molecule has 3 nitrogen and oxygen atoms in total. The van der Waals surface area contributed by atoms with E-state index in [2.05, 4.69) is 19.2 Å². The summed E-state index contributed by atoms with van der Waals surface area (Å²) in [6.07, 6.45) is 4.93. The van der Waals surface area contributed by atoms with Crippen LogP contribution in [0, 0.1) is 5.41 Å². The molecule has 1 atom stereocenters. The molecule has 0 amide bonds. The smallest absolute Gasteiger partial charge is 0.138 e. The Bertz CT molecular complexity index is 672. The summed E-state index contributed by atoms with van der Waals surface area (Å²) in [6, 6.07) is 0. The number of hydrogen-bond acceptors (Lipinski definition) is 4. The molecule has 2 aliphatic rings. The number of hydrogen-bond donors (Lipinski definition) is 1. The number of fused-ring (bicyclic) bond motifs is 3. The molecule has 0 saturated heterocycles. The molecule has 1 fully saturated rings. The highest BCUT2D eigenvalue weighted by Gasteiger charge is 2.49. The third kappa shape index (κ3) is 1.62. The van der Waals surface area contributed by atoms with Gasteiger partial charge in [-0.2, -0.15) is 0 Å². The fraction of sp³-hybridized carbons (Fsp3) is 0.600. The summed E-state index contributed by atoms with van der Waals surface area (Å²) >= 11 is 1.88. The lowest BCUT2D eigenvalue weighted by Gasteiger charge is -2.07. The van der Waals surface area contributed by atoms with Gasteiger partial charge in [-0.05, 0) is 36.7 Å². The average Bonchev–Trinajstić information content (AvgIpc) is 2.76. The molecule has 1 unspecified atom stereocenters. The molecular formula is C15H19N3S. The van der Waals surface area contributed by atoms with Gasteiger partial charge >= 0.3 is 0 Å². The summed E-state index contributed by atoms with van der Waals surface area (Å²) in [5.41, 5.74) is 1.89. The van der Waals surface area contributed by atoms with E-state index in [0.29, 0.717) is 11.3 Å². The maximum atomic E-state index is 4.87. The molecule has 0 radical (unpaired) electrons. The van der Waals surface area contributed by atoms with Crippen molar-refractivity contribution in [3.63, 3.8) is 0 Å². The zero-order chi connectivity index (χ0) is 13.2. The van der Waals surface area contributed by atoms with Crippen LogP contribution in [0.5, 0.6) is 0 Å². The second-order valence-electron chi connectivity index (χ2n) is 6.46. The van der Waals surface area contributed by atoms with Crippen molar-refractivity contribution < 1.29 is 0 Å². The summed E-state index contributed by atoms with van der Waals surface area (Å²) in [5.74, 6) is 2.63. The zero-order valence-corrected chi connectivity index (χ0v) is 12.5. The highest BCUT2D eigenvalue weighted by atomic mass is 32.1. The van der Waals surface area contributed by atoms with Gasteiger partial charge in [-0.3, -0.25) is 0 Å². The molecule has 2 aromatic rings. The Morgan fingerprint density at radius 2 is 2.05 bits per heavy atom. The standard InChI is InChI=1S/C15H19N3S/c1-15(2)7-9(15)12-17-13(16-3)11-8-5-4-6-10(8)19-14(11)18-12/h9H,4-7H2,1-3H3,(H,16,17,18). The number of anilines is 1. The van der Waals surface area contributed by atoms with E-state index in [9.17, 15) is 0 Å². The predicted molar refractivity (Wildman–Crippen MR) is 80.1 cm³/mol. The van der Waals surface area contributed by atoms with Crippen LogP contribution in [0.25, 0.3) is 10.2 Å². The topological polar surface area (TPSA) is 37.8 Å². The molecule has 0 spiro atoms. The quantitative estimate of drug-likeness (QED) is 0.906. The third-order valence-electron chi connectivity index (χ3n) is 4.64. The van der Waals surface area contributed by atoms with E-state index >= 15 is 0 Å². The minimum Gasteiger partial charge on any atom is -0.372 e. The van der Waals surface area contributed by atoms with Gasteiger partial charge in [0.1, 0.15) is 16.5 Å². The van der Waals surface area contributed by atoms with Crippen molar-refractivity contribution in [1.29, 1.82) is 0 Å². The van der Waals surface area contributed by atoms with Crippen LogP contribution in [-0.2, 0) is 12.8 Å². The van der Waals surface area contributed by atoms with E-state index in [1.54, 1.807) is 0 Å². The van der Waals surface area contributed by atoms with Gasteiger partial charge < -0.3 is 5.32 Å². The lowest BCUT2D eigenvalue weighted by molar-refractivity contribution is 0.610. The van der Waals surface area contributed by atoms with Gasteiger partial charge in [-0.25, -0.2) is 9.97 Å². The average molecular weight is 273 g/mol. The molecule has 2 aromatic heterocycles. The molecule has 100 valence electrons. The van der Waals surface area contributed by atoms with E-state index in [1.807, 2.05) is 18.4 Å². The molecule has 4 heteroatoms. The maximum Gasteiger partial charge on any atom is 0.138 e. The Labute approximate surface area is 117 Å². The molecule has 0 bridgehead atoms. The normalized spacial score (nSPS) is 23.6. The van der Waals surface area contributed by atoms with Crippen molar-refractivity contribution in [3.8, 4) is 0 Å². The van der Waals surface area contributed by atoms with E-state index < -0.39 is 0 Å². The number of thiophene rings is 1. The van der Waals surface area contributed by atoms with Gasteiger partial charge in [0.2, 0.25) is 0 Å². The van der Waals surface area contributed by atoms with E-state index in [1.165, 1.54) is 46.3 Å². The lowest BCUT2D eigenvalue weighted by atomic mass is 10.1. The van der Waals surface area contributed by atoms with E-state index in [-0.39, 0.29) is 0 Å². The van der Waals surface area contributed by atoms with Crippen molar-refractivity contribution in [2.24, 2.45) is 5.41 Å². The van der Waals surface area contributed by atoms with Gasteiger partial charge in [0.05, 0.1) is 5.39 Å². The van der Waals surface area contributed by atoms with Gasteiger partial charge in [0.15, 0.2) is 0 Å². The molecule has 19 heavy (non-hydrogen) atoms. The van der Waals surface area contributed by atoms with Crippen molar-refractivity contribution in [2.45, 2.75) is 45.4 Å². The highest BCUT2D eigenvalue weighted by Crippen LogP contribution is 2.58. The van der Waals surface area contributed by atoms with E-state index in [4.69, 9.17) is 9.97 Å². The van der Waals surface area contributed by atoms with Crippen LogP contribution in [0.4, 0.5) is 5.82 Å². The number of nitrogens with zero attached hydrogens (tertiary/aromatic N) is 2. The van der Waals surface area contributed by atoms with Crippen molar-refractivity contribution >= 4 is 27.4 Å². The Kier molecular flexibility index (Phi) is 2.26. The minimum atomic E-state index is 0.388. The van der Waals surface area contributed by atoms with Gasteiger partial charge in [0.25, 0.3) is 0 Å². The summed E-state index contributed by atoms with van der Waals surface area (Å²) in [4.78, 5) is 12.4. The fourth-order valence-electron chi connectivity index (χ4n) is 3.26. The Morgan fingerprint density at radius 3 is 2.74 bits per heavy atom. The SMILES string of the molecule is CNc1nc(C2CC2(C)C)nc2sc3c(c12)CCC3. The second kappa shape index (κ2) is 3.69. The van der Waals surface area contributed by atoms with Crippen LogP contribution in [0.2, 0.25) is 0 Å². The summed E-state index contributed by atoms with van der Waals surface area (Å²) in [5, 5.41) is 4.59. The molecule has 1 N–H and O–H groups in total. The minimum absolute atomic E-state index is 0.388. The largest absolute Gasteiger partial charge is 0.372 e. The third-order valence-corrected chi connectivity index (χ3v) is 5.83. The Balaban J connectivity index is 1.91. The summed E-state index contributed by atoms with van der Waals surface area (Å²) < 4.78 is 0. The zero-order valence-electron chi connectivity index (χ0n) is 11.7. The van der Waals surface area contributed by atoms with Crippen molar-refractivity contribution in [2.75, 3.05) is 12.4 Å². The van der Waals surface area contributed by atoms with Crippen LogP contribution in [0.1, 0.15) is 48.9 Å². The van der Waals surface area contributed by atoms with E-state index in [0.717, 1.165) is 11.6 Å². The van der Waals surface area contributed by atoms with Crippen LogP contribution in [0.15, 0.2) is 0 Å².